The van der Waals surface area contributed by atoms with Crippen LogP contribution in [0.2, 0.25) is 0 Å². The number of aromatic nitrogens is 1. The van der Waals surface area contributed by atoms with Crippen molar-refractivity contribution < 1.29 is 14.1 Å². The van der Waals surface area contributed by atoms with Gasteiger partial charge in [0.15, 0.2) is 0 Å². The Morgan fingerprint density at radius 3 is 2.80 bits per heavy atom. The van der Waals surface area contributed by atoms with Crippen LogP contribution in [0.1, 0.15) is 11.3 Å². The number of nitrogens with zero attached hydrogens (tertiary/aromatic N) is 1. The van der Waals surface area contributed by atoms with Gasteiger partial charge in [-0.05, 0) is 25.0 Å². The number of hydrogen-bond donors (Lipinski definition) is 1. The Morgan fingerprint density at radius 2 is 2.27 bits per heavy atom. The summed E-state index contributed by atoms with van der Waals surface area (Å²) in [5, 5.41) is 8.41. The van der Waals surface area contributed by atoms with Crippen molar-refractivity contribution in [1.82, 2.24) is 4.98 Å². The number of hydrogen-bond acceptors (Lipinski definition) is 3. The third kappa shape index (κ3) is 4.69. The molecule has 0 aliphatic rings. The lowest BCUT2D eigenvalue weighted by atomic mass is 10.2. The molecule has 0 aliphatic heterocycles. The Hall–Kier alpha value is -1.23. The molecule has 0 radical (unpaired) electrons. The molecule has 15 heavy (non-hydrogen) atoms. The molecule has 1 unspecified atom stereocenters. The number of carbonyl (C=O) groups is 1. The molecule has 1 aromatic rings. The van der Waals surface area contributed by atoms with E-state index in [-0.39, 0.29) is 5.75 Å². The minimum Gasteiger partial charge on any atom is -0.481 e. The van der Waals surface area contributed by atoms with E-state index in [1.54, 1.807) is 6.20 Å². The second-order valence-corrected chi connectivity index (χ2v) is 4.82. The van der Waals surface area contributed by atoms with E-state index in [0.717, 1.165) is 11.3 Å². The number of pyridine rings is 1. The normalized spacial score (nSPS) is 12.3. The summed E-state index contributed by atoms with van der Waals surface area (Å²) >= 11 is 0. The van der Waals surface area contributed by atoms with E-state index in [2.05, 4.69) is 4.98 Å². The van der Waals surface area contributed by atoms with Crippen LogP contribution in [0, 0.1) is 6.92 Å². The lowest BCUT2D eigenvalue weighted by Gasteiger charge is -2.00. The van der Waals surface area contributed by atoms with E-state index in [0.29, 0.717) is 12.2 Å². The molecule has 5 heteroatoms. The van der Waals surface area contributed by atoms with Crippen molar-refractivity contribution >= 4 is 16.8 Å². The quantitative estimate of drug-likeness (QED) is 0.806. The van der Waals surface area contributed by atoms with Crippen LogP contribution in [0.3, 0.4) is 0 Å². The zero-order valence-corrected chi connectivity index (χ0v) is 9.29. The maximum absolute atomic E-state index is 11.2. The van der Waals surface area contributed by atoms with Crippen LogP contribution in [-0.2, 0) is 22.0 Å². The molecule has 0 aromatic carbocycles. The van der Waals surface area contributed by atoms with Crippen LogP contribution in [-0.4, -0.2) is 31.8 Å². The monoisotopic (exact) mass is 227 g/mol. The fourth-order valence-corrected chi connectivity index (χ4v) is 1.97. The van der Waals surface area contributed by atoms with Gasteiger partial charge in [-0.15, -0.1) is 0 Å². The predicted octanol–water partition coefficient (Wildman–Crippen LogP) is 0.766. The first-order chi connectivity index (χ1) is 7.08. The number of carboxylic acid groups (broad SMARTS) is 1. The van der Waals surface area contributed by atoms with Crippen molar-refractivity contribution in [2.24, 2.45) is 0 Å². The highest BCUT2D eigenvalue weighted by Crippen LogP contribution is 2.01. The van der Waals surface area contributed by atoms with E-state index < -0.39 is 16.8 Å². The molecule has 0 saturated carbocycles. The van der Waals surface area contributed by atoms with Gasteiger partial charge in [-0.2, -0.15) is 0 Å². The summed E-state index contributed by atoms with van der Waals surface area (Å²) < 4.78 is 11.2. The topological polar surface area (TPSA) is 67.3 Å². The molecule has 0 spiro atoms. The van der Waals surface area contributed by atoms with Gasteiger partial charge in [0.05, 0.1) is 0 Å². The SMILES string of the molecule is Cc1ccc(CCS(=O)CC(=O)O)cn1. The molecular weight excluding hydrogens is 214 g/mol. The molecule has 82 valence electrons. The van der Waals surface area contributed by atoms with Gasteiger partial charge in [-0.1, -0.05) is 6.07 Å². The minimum absolute atomic E-state index is 0.278. The lowest BCUT2D eigenvalue weighted by Crippen LogP contribution is -2.13. The van der Waals surface area contributed by atoms with Gasteiger partial charge in [0.1, 0.15) is 5.75 Å². The van der Waals surface area contributed by atoms with Crippen molar-refractivity contribution in [2.45, 2.75) is 13.3 Å². The molecule has 4 nitrogen and oxygen atoms in total. The Labute approximate surface area is 90.8 Å². The highest BCUT2D eigenvalue weighted by Gasteiger charge is 2.05. The second kappa shape index (κ2) is 5.60. The standard InChI is InChI=1S/C10H13NO3S/c1-8-2-3-9(6-11-8)4-5-15(14)7-10(12)13/h2-3,6H,4-5,7H2,1H3,(H,12,13). The first-order valence-corrected chi connectivity index (χ1v) is 6.05. The summed E-state index contributed by atoms with van der Waals surface area (Å²) in [5.74, 6) is -0.925. The molecule has 1 heterocycles. The minimum atomic E-state index is -1.28. The number of aryl methyl sites for hydroxylation is 2. The molecule has 0 bridgehead atoms. The van der Waals surface area contributed by atoms with Gasteiger partial charge in [0, 0.05) is 28.4 Å². The molecule has 0 amide bonds. The maximum Gasteiger partial charge on any atom is 0.316 e. The van der Waals surface area contributed by atoms with Crippen LogP contribution in [0.5, 0.6) is 0 Å². The second-order valence-electron chi connectivity index (χ2n) is 3.24. The zero-order chi connectivity index (χ0) is 11.3. The molecule has 1 aromatic heterocycles. The van der Waals surface area contributed by atoms with E-state index in [9.17, 15) is 9.00 Å². The van der Waals surface area contributed by atoms with Gasteiger partial charge in [0.2, 0.25) is 0 Å². The number of aliphatic carboxylic acids is 1. The molecule has 0 aliphatic carbocycles. The van der Waals surface area contributed by atoms with Gasteiger partial charge in [-0.25, -0.2) is 0 Å². The van der Waals surface area contributed by atoms with Crippen molar-refractivity contribution in [2.75, 3.05) is 11.5 Å². The van der Waals surface area contributed by atoms with Crippen molar-refractivity contribution in [3.05, 3.63) is 29.6 Å². The first kappa shape index (κ1) is 11.8. The van der Waals surface area contributed by atoms with Gasteiger partial charge >= 0.3 is 5.97 Å². The Bertz CT molecular complexity index is 361. The van der Waals surface area contributed by atoms with Crippen molar-refractivity contribution in [3.8, 4) is 0 Å². The summed E-state index contributed by atoms with van der Waals surface area (Å²) in [7, 11) is -1.28. The largest absolute Gasteiger partial charge is 0.481 e. The smallest absolute Gasteiger partial charge is 0.316 e. The molecule has 0 saturated heterocycles. The Kier molecular flexibility index (Phi) is 4.42. The summed E-state index contributed by atoms with van der Waals surface area (Å²) in [6.45, 7) is 1.90. The van der Waals surface area contributed by atoms with Crippen LogP contribution >= 0.6 is 0 Å². The summed E-state index contributed by atoms with van der Waals surface area (Å²) in [6.07, 6.45) is 2.33. The molecule has 1 N–H and O–H groups in total. The van der Waals surface area contributed by atoms with Crippen LogP contribution in [0.4, 0.5) is 0 Å². The van der Waals surface area contributed by atoms with E-state index in [4.69, 9.17) is 5.11 Å². The molecule has 0 fully saturated rings. The fourth-order valence-electron chi connectivity index (χ4n) is 1.09. The van der Waals surface area contributed by atoms with Crippen LogP contribution in [0.25, 0.3) is 0 Å². The average Bonchev–Trinajstić information content (AvgIpc) is 2.16. The number of rotatable bonds is 5. The predicted molar refractivity (Wildman–Crippen MR) is 58.2 cm³/mol. The summed E-state index contributed by atoms with van der Waals surface area (Å²) in [6, 6.07) is 3.80. The lowest BCUT2D eigenvalue weighted by molar-refractivity contribution is -0.133. The summed E-state index contributed by atoms with van der Waals surface area (Å²) in [4.78, 5) is 14.4. The average molecular weight is 227 g/mol. The maximum atomic E-state index is 11.2. The highest BCUT2D eigenvalue weighted by molar-refractivity contribution is 7.85. The van der Waals surface area contributed by atoms with Crippen LogP contribution < -0.4 is 0 Å². The number of carboxylic acids is 1. The zero-order valence-electron chi connectivity index (χ0n) is 8.47. The third-order valence-corrected chi connectivity index (χ3v) is 3.10. The van der Waals surface area contributed by atoms with Crippen LogP contribution in [0.15, 0.2) is 18.3 Å². The van der Waals surface area contributed by atoms with Gasteiger partial charge in [-0.3, -0.25) is 14.0 Å². The molecule has 1 atom stereocenters. The van der Waals surface area contributed by atoms with Gasteiger partial charge < -0.3 is 5.11 Å². The Morgan fingerprint density at radius 1 is 1.53 bits per heavy atom. The highest BCUT2D eigenvalue weighted by atomic mass is 32.2. The van der Waals surface area contributed by atoms with Gasteiger partial charge in [0.25, 0.3) is 0 Å². The van der Waals surface area contributed by atoms with E-state index in [1.165, 1.54) is 0 Å². The van der Waals surface area contributed by atoms with Crippen molar-refractivity contribution in [1.29, 1.82) is 0 Å². The molecular formula is C10H13NO3S. The fraction of sp³-hybridized carbons (Fsp3) is 0.400. The third-order valence-electron chi connectivity index (χ3n) is 1.88. The first-order valence-electron chi connectivity index (χ1n) is 4.56. The Balaban J connectivity index is 2.40. The molecule has 1 rings (SSSR count). The van der Waals surface area contributed by atoms with E-state index >= 15 is 0 Å². The van der Waals surface area contributed by atoms with Crippen molar-refractivity contribution in [3.63, 3.8) is 0 Å². The summed E-state index contributed by atoms with van der Waals surface area (Å²) in [5.41, 5.74) is 1.92. The van der Waals surface area contributed by atoms with E-state index in [1.807, 2.05) is 19.1 Å².